The molecule has 2 heterocycles. The molecule has 2 aromatic heterocycles. The summed E-state index contributed by atoms with van der Waals surface area (Å²) in [5.41, 5.74) is 13.4. The van der Waals surface area contributed by atoms with Gasteiger partial charge in [-0.15, -0.1) is 0 Å². The molecular weight excluding hydrogens is 623 g/mol. The Morgan fingerprint density at radius 2 is 0.902 bits per heavy atom. The molecule has 0 bridgehead atoms. The van der Waals surface area contributed by atoms with E-state index in [9.17, 15) is 5.26 Å². The van der Waals surface area contributed by atoms with E-state index in [2.05, 4.69) is 97.1 Å². The third-order valence-corrected chi connectivity index (χ3v) is 9.31. The highest BCUT2D eigenvalue weighted by Crippen LogP contribution is 2.38. The van der Waals surface area contributed by atoms with Crippen LogP contribution >= 0.6 is 0 Å². The van der Waals surface area contributed by atoms with Crippen molar-refractivity contribution in [2.45, 2.75) is 0 Å². The lowest BCUT2D eigenvalue weighted by atomic mass is 9.92. The number of rotatable bonds is 6. The maximum Gasteiger partial charge on any atom is 0.160 e. The van der Waals surface area contributed by atoms with Crippen LogP contribution in [0.2, 0.25) is 0 Å². The molecule has 0 aliphatic rings. The Hall–Kier alpha value is -7.09. The fraction of sp³-hybridized carbons (Fsp3) is 0. The maximum absolute atomic E-state index is 9.42. The quantitative estimate of drug-likeness (QED) is 0.179. The number of benzene rings is 7. The Morgan fingerprint density at radius 1 is 0.373 bits per heavy atom. The fourth-order valence-corrected chi connectivity index (χ4v) is 6.70. The minimum atomic E-state index is 0.605. The summed E-state index contributed by atoms with van der Waals surface area (Å²) in [5.74, 6) is 0.636. The van der Waals surface area contributed by atoms with Crippen LogP contribution in [-0.4, -0.2) is 9.97 Å². The van der Waals surface area contributed by atoms with Gasteiger partial charge < -0.3 is 4.42 Å². The summed E-state index contributed by atoms with van der Waals surface area (Å²) in [5, 5.41) is 11.6. The number of furan rings is 1. The standard InChI is InChI=1S/C47H29N3O/c48-30-31-18-20-33(21-19-31)43-29-44(50-47(49-43)34-12-5-2-6-13-34)40-26-38(36-15-9-14-35(24-36)32-10-3-1-4-11-32)25-39(27-40)37-22-23-46-42(28-37)41-16-7-8-17-45(41)51-46/h1-29H. The molecule has 7 aromatic carbocycles. The molecule has 0 saturated carbocycles. The molecule has 238 valence electrons. The van der Waals surface area contributed by atoms with Gasteiger partial charge in [0.15, 0.2) is 5.82 Å². The first kappa shape index (κ1) is 30.0. The van der Waals surface area contributed by atoms with E-state index in [1.165, 1.54) is 5.56 Å². The largest absolute Gasteiger partial charge is 0.456 e. The number of hydrogen-bond acceptors (Lipinski definition) is 4. The van der Waals surface area contributed by atoms with Crippen molar-refractivity contribution in [1.82, 2.24) is 9.97 Å². The first-order chi connectivity index (χ1) is 25.2. The van der Waals surface area contributed by atoms with Crippen molar-refractivity contribution in [3.63, 3.8) is 0 Å². The number of para-hydroxylation sites is 1. The molecule has 0 fully saturated rings. The summed E-state index contributed by atoms with van der Waals surface area (Å²) in [4.78, 5) is 10.2. The average molecular weight is 652 g/mol. The smallest absolute Gasteiger partial charge is 0.160 e. The summed E-state index contributed by atoms with van der Waals surface area (Å²) < 4.78 is 6.17. The van der Waals surface area contributed by atoms with Gasteiger partial charge in [0, 0.05) is 27.5 Å². The number of nitrogens with zero attached hydrogens (tertiary/aromatic N) is 3. The highest BCUT2D eigenvalue weighted by Gasteiger charge is 2.15. The van der Waals surface area contributed by atoms with E-state index in [-0.39, 0.29) is 0 Å². The second-order valence-electron chi connectivity index (χ2n) is 12.6. The van der Waals surface area contributed by atoms with Crippen LogP contribution in [0, 0.1) is 11.3 Å². The van der Waals surface area contributed by atoms with Crippen molar-refractivity contribution in [2.75, 3.05) is 0 Å². The number of nitriles is 1. The molecule has 0 spiro atoms. The Bertz CT molecular complexity index is 2740. The lowest BCUT2D eigenvalue weighted by molar-refractivity contribution is 0.669. The predicted octanol–water partition coefficient (Wildman–Crippen LogP) is 12.2. The van der Waals surface area contributed by atoms with Gasteiger partial charge in [0.25, 0.3) is 0 Å². The van der Waals surface area contributed by atoms with Crippen molar-refractivity contribution in [1.29, 1.82) is 5.26 Å². The number of aromatic nitrogens is 2. The Balaban J connectivity index is 1.26. The van der Waals surface area contributed by atoms with E-state index in [1.54, 1.807) is 0 Å². The summed E-state index contributed by atoms with van der Waals surface area (Å²) >= 11 is 0. The molecule has 0 aliphatic heterocycles. The van der Waals surface area contributed by atoms with E-state index in [4.69, 9.17) is 14.4 Å². The Morgan fingerprint density at radius 3 is 1.63 bits per heavy atom. The summed E-state index contributed by atoms with van der Waals surface area (Å²) in [7, 11) is 0. The molecule has 0 aliphatic carbocycles. The molecule has 4 heteroatoms. The number of hydrogen-bond donors (Lipinski definition) is 0. The molecule has 4 nitrogen and oxygen atoms in total. The molecule has 0 atom stereocenters. The van der Waals surface area contributed by atoms with Crippen molar-refractivity contribution < 1.29 is 4.42 Å². The van der Waals surface area contributed by atoms with Crippen LogP contribution in [0.3, 0.4) is 0 Å². The van der Waals surface area contributed by atoms with Gasteiger partial charge in [0.05, 0.1) is 23.0 Å². The molecule has 0 N–H and O–H groups in total. The lowest BCUT2D eigenvalue weighted by Gasteiger charge is -2.14. The van der Waals surface area contributed by atoms with E-state index in [1.807, 2.05) is 84.9 Å². The van der Waals surface area contributed by atoms with Crippen LogP contribution in [0.1, 0.15) is 5.56 Å². The predicted molar refractivity (Wildman–Crippen MR) is 207 cm³/mol. The molecule has 0 unspecified atom stereocenters. The van der Waals surface area contributed by atoms with Crippen molar-refractivity contribution in [3.05, 3.63) is 181 Å². The third-order valence-electron chi connectivity index (χ3n) is 9.31. The summed E-state index contributed by atoms with van der Waals surface area (Å²) in [6.07, 6.45) is 0. The second kappa shape index (κ2) is 12.7. The first-order valence-corrected chi connectivity index (χ1v) is 16.9. The van der Waals surface area contributed by atoms with Crippen molar-refractivity contribution >= 4 is 21.9 Å². The molecule has 9 rings (SSSR count). The Kier molecular flexibility index (Phi) is 7.50. The average Bonchev–Trinajstić information content (AvgIpc) is 3.59. The van der Waals surface area contributed by atoms with Crippen molar-refractivity contribution in [2.24, 2.45) is 0 Å². The van der Waals surface area contributed by atoms with E-state index < -0.39 is 0 Å². The van der Waals surface area contributed by atoms with Crippen LogP contribution < -0.4 is 0 Å². The van der Waals surface area contributed by atoms with Crippen molar-refractivity contribution in [3.8, 4) is 73.4 Å². The van der Waals surface area contributed by atoms with Crippen LogP contribution in [0.15, 0.2) is 180 Å². The van der Waals surface area contributed by atoms with Gasteiger partial charge in [-0.05, 0) is 94.0 Å². The lowest BCUT2D eigenvalue weighted by Crippen LogP contribution is -1.96. The molecule has 0 saturated heterocycles. The van der Waals surface area contributed by atoms with Gasteiger partial charge in [-0.1, -0.05) is 115 Å². The molecule has 51 heavy (non-hydrogen) atoms. The third kappa shape index (κ3) is 5.84. The SMILES string of the molecule is N#Cc1ccc(-c2cc(-c3cc(-c4cccc(-c5ccccc5)c4)cc(-c4ccc5oc6ccccc6c5c4)c3)nc(-c3ccccc3)n2)cc1. The van der Waals surface area contributed by atoms with Gasteiger partial charge in [-0.2, -0.15) is 5.26 Å². The van der Waals surface area contributed by atoms with Gasteiger partial charge in [0.2, 0.25) is 0 Å². The molecule has 0 radical (unpaired) electrons. The topological polar surface area (TPSA) is 62.7 Å². The zero-order chi connectivity index (χ0) is 34.1. The molecule has 9 aromatic rings. The zero-order valence-electron chi connectivity index (χ0n) is 27.5. The number of fused-ring (bicyclic) bond motifs is 3. The second-order valence-corrected chi connectivity index (χ2v) is 12.6. The molecule has 0 amide bonds. The van der Waals surface area contributed by atoms with E-state index in [0.717, 1.165) is 77.8 Å². The van der Waals surface area contributed by atoms with Gasteiger partial charge >= 0.3 is 0 Å². The van der Waals surface area contributed by atoms with E-state index in [0.29, 0.717) is 11.4 Å². The fourth-order valence-electron chi connectivity index (χ4n) is 6.70. The minimum Gasteiger partial charge on any atom is -0.456 e. The van der Waals surface area contributed by atoms with Gasteiger partial charge in [-0.3, -0.25) is 0 Å². The van der Waals surface area contributed by atoms with Crippen LogP contribution in [-0.2, 0) is 0 Å². The monoisotopic (exact) mass is 651 g/mol. The minimum absolute atomic E-state index is 0.605. The highest BCUT2D eigenvalue weighted by molar-refractivity contribution is 6.06. The Labute approximate surface area is 295 Å². The highest BCUT2D eigenvalue weighted by atomic mass is 16.3. The maximum atomic E-state index is 9.42. The van der Waals surface area contributed by atoms with Gasteiger partial charge in [0.1, 0.15) is 11.2 Å². The van der Waals surface area contributed by atoms with E-state index >= 15 is 0 Å². The zero-order valence-corrected chi connectivity index (χ0v) is 27.5. The van der Waals surface area contributed by atoms with Gasteiger partial charge in [-0.25, -0.2) is 9.97 Å². The van der Waals surface area contributed by atoms with Crippen LogP contribution in [0.5, 0.6) is 0 Å². The van der Waals surface area contributed by atoms with Crippen LogP contribution in [0.25, 0.3) is 89.2 Å². The normalized spacial score (nSPS) is 11.1. The summed E-state index contributed by atoms with van der Waals surface area (Å²) in [6.45, 7) is 0. The van der Waals surface area contributed by atoms with Crippen LogP contribution in [0.4, 0.5) is 0 Å². The summed E-state index contributed by atoms with van der Waals surface area (Å²) in [6, 6.07) is 62.3. The molecular formula is C47H29N3O. The first-order valence-electron chi connectivity index (χ1n) is 16.9.